The Balaban J connectivity index is 0.00000193. The van der Waals surface area contributed by atoms with Gasteiger partial charge in [0.25, 0.3) is 0 Å². The molecule has 33 heavy (non-hydrogen) atoms. The number of nitrogens with one attached hydrogen (secondary N) is 1. The number of fused-ring (bicyclic) bond motifs is 1. The molecule has 0 saturated heterocycles. The molecule has 1 heterocycles. The van der Waals surface area contributed by atoms with Gasteiger partial charge in [-0.3, -0.25) is 0 Å². The van der Waals surface area contributed by atoms with Crippen molar-refractivity contribution in [1.29, 1.82) is 0 Å². The van der Waals surface area contributed by atoms with Gasteiger partial charge in [0, 0.05) is 39.1 Å². The fourth-order valence-electron chi connectivity index (χ4n) is 5.05. The molecule has 3 nitrogen and oxygen atoms in total. The summed E-state index contributed by atoms with van der Waals surface area (Å²) in [6.45, 7) is 2.59. The molecular weight excluding hydrogens is 496 g/mol. The molecule has 0 aliphatic heterocycles. The normalized spacial score (nSPS) is 15.1. The van der Waals surface area contributed by atoms with Crippen LogP contribution in [0.5, 0.6) is 0 Å². The van der Waals surface area contributed by atoms with Crippen LogP contribution in [-0.4, -0.2) is 24.2 Å². The molecule has 1 saturated carbocycles. The Morgan fingerprint density at radius 2 is 1.67 bits per heavy atom. The summed E-state index contributed by atoms with van der Waals surface area (Å²) in [6, 6.07) is 15.4. The van der Waals surface area contributed by atoms with E-state index in [2.05, 4.69) is 52.5 Å². The van der Waals surface area contributed by atoms with Crippen LogP contribution >= 0.6 is 48.0 Å². The molecular formula is C26H35Cl4N3. The molecule has 0 spiro atoms. The van der Waals surface area contributed by atoms with Gasteiger partial charge in [-0.2, -0.15) is 0 Å². The monoisotopic (exact) mass is 529 g/mol. The van der Waals surface area contributed by atoms with Gasteiger partial charge in [0.15, 0.2) is 0 Å². The molecule has 1 aliphatic carbocycles. The van der Waals surface area contributed by atoms with Crippen molar-refractivity contribution < 1.29 is 0 Å². The van der Waals surface area contributed by atoms with Crippen LogP contribution in [0.15, 0.2) is 48.7 Å². The van der Waals surface area contributed by atoms with Crippen molar-refractivity contribution >= 4 is 58.9 Å². The van der Waals surface area contributed by atoms with Gasteiger partial charge in [-0.15, -0.1) is 24.8 Å². The molecule has 0 bridgehead atoms. The Labute approximate surface area is 220 Å². The quantitative estimate of drug-likeness (QED) is 0.277. The first-order valence-electron chi connectivity index (χ1n) is 11.6. The molecule has 7 heteroatoms. The number of halogens is 4. The van der Waals surface area contributed by atoms with Crippen LogP contribution in [0.4, 0.5) is 0 Å². The van der Waals surface area contributed by atoms with Gasteiger partial charge >= 0.3 is 0 Å². The van der Waals surface area contributed by atoms with Crippen LogP contribution in [0.3, 0.4) is 0 Å². The maximum Gasteiger partial charge on any atom is 0.0485 e. The van der Waals surface area contributed by atoms with E-state index >= 15 is 0 Å². The minimum absolute atomic E-state index is 0. The Hall–Kier alpha value is -0.940. The highest BCUT2D eigenvalue weighted by Crippen LogP contribution is 2.39. The van der Waals surface area contributed by atoms with Gasteiger partial charge < -0.3 is 15.6 Å². The largest absolute Gasteiger partial charge is 0.344 e. The first-order chi connectivity index (χ1) is 15.2. The molecule has 0 radical (unpaired) electrons. The van der Waals surface area contributed by atoms with E-state index in [0.29, 0.717) is 16.1 Å². The standard InChI is InChI=1S/C26H33Cl2N3.2ClH/c27-20-15-19(16-21(28)17-20)23(11-14-30-13-6-12-29)25-18-31(22-7-2-1-3-8-22)26-10-5-4-9-24(25)26;;/h4-5,9-10,15-18,22-23,30H,1-3,6-8,11-14,29H2;2*1H. The molecule has 1 unspecified atom stereocenters. The van der Waals surface area contributed by atoms with E-state index in [1.807, 2.05) is 6.07 Å². The zero-order chi connectivity index (χ0) is 21.6. The lowest BCUT2D eigenvalue weighted by Crippen LogP contribution is -2.21. The molecule has 1 aromatic heterocycles. The Kier molecular flexibility index (Phi) is 11.9. The van der Waals surface area contributed by atoms with Crippen LogP contribution < -0.4 is 11.1 Å². The number of aromatic nitrogens is 1. The first kappa shape index (κ1) is 28.3. The average Bonchev–Trinajstić information content (AvgIpc) is 3.16. The van der Waals surface area contributed by atoms with E-state index in [1.54, 1.807) is 0 Å². The molecule has 1 atom stereocenters. The van der Waals surface area contributed by atoms with E-state index in [0.717, 1.165) is 32.5 Å². The third-order valence-electron chi connectivity index (χ3n) is 6.57. The number of hydrogen-bond donors (Lipinski definition) is 2. The Bertz CT molecular complexity index is 978. The predicted molar refractivity (Wildman–Crippen MR) is 148 cm³/mol. The highest BCUT2D eigenvalue weighted by atomic mass is 35.5. The van der Waals surface area contributed by atoms with Crippen molar-refractivity contribution in [3.05, 3.63) is 69.8 Å². The summed E-state index contributed by atoms with van der Waals surface area (Å²) in [5.41, 5.74) is 9.56. The summed E-state index contributed by atoms with van der Waals surface area (Å²) >= 11 is 12.8. The van der Waals surface area contributed by atoms with E-state index in [1.165, 1.54) is 54.1 Å². The number of nitrogens with two attached hydrogens (primary N) is 1. The minimum atomic E-state index is 0. The fourth-order valence-corrected chi connectivity index (χ4v) is 5.59. The zero-order valence-corrected chi connectivity index (χ0v) is 22.1. The van der Waals surface area contributed by atoms with E-state index in [9.17, 15) is 0 Å². The van der Waals surface area contributed by atoms with E-state index in [-0.39, 0.29) is 30.7 Å². The number of benzene rings is 2. The van der Waals surface area contributed by atoms with Crippen molar-refractivity contribution in [2.24, 2.45) is 5.73 Å². The number of nitrogens with zero attached hydrogens (tertiary/aromatic N) is 1. The van der Waals surface area contributed by atoms with Crippen molar-refractivity contribution in [2.75, 3.05) is 19.6 Å². The highest BCUT2D eigenvalue weighted by Gasteiger charge is 2.24. The van der Waals surface area contributed by atoms with Crippen molar-refractivity contribution in [1.82, 2.24) is 9.88 Å². The maximum atomic E-state index is 6.41. The molecule has 1 fully saturated rings. The number of rotatable bonds is 9. The average molecular weight is 531 g/mol. The lowest BCUT2D eigenvalue weighted by molar-refractivity contribution is 0.360. The fraction of sp³-hybridized carbons (Fsp3) is 0.462. The lowest BCUT2D eigenvalue weighted by Gasteiger charge is -2.24. The number of hydrogen-bond acceptors (Lipinski definition) is 2. The van der Waals surface area contributed by atoms with Gasteiger partial charge in [0.1, 0.15) is 0 Å². The Morgan fingerprint density at radius 1 is 0.970 bits per heavy atom. The maximum absolute atomic E-state index is 6.41. The second kappa shape index (κ2) is 13.8. The highest BCUT2D eigenvalue weighted by molar-refractivity contribution is 6.34. The van der Waals surface area contributed by atoms with Crippen molar-refractivity contribution in [2.45, 2.75) is 56.9 Å². The van der Waals surface area contributed by atoms with Gasteiger partial charge in [-0.1, -0.05) is 60.7 Å². The molecule has 1 aliphatic rings. The summed E-state index contributed by atoms with van der Waals surface area (Å²) in [4.78, 5) is 0. The summed E-state index contributed by atoms with van der Waals surface area (Å²) in [7, 11) is 0. The van der Waals surface area contributed by atoms with Gasteiger partial charge in [0.05, 0.1) is 0 Å². The van der Waals surface area contributed by atoms with Crippen LogP contribution in [-0.2, 0) is 0 Å². The topological polar surface area (TPSA) is 43.0 Å². The Morgan fingerprint density at radius 3 is 2.36 bits per heavy atom. The number of para-hydroxylation sites is 1. The summed E-state index contributed by atoms with van der Waals surface area (Å²) in [5.74, 6) is 0.233. The second-order valence-electron chi connectivity index (χ2n) is 8.74. The van der Waals surface area contributed by atoms with Crippen LogP contribution in [0, 0.1) is 0 Å². The first-order valence-corrected chi connectivity index (χ1v) is 12.4. The third-order valence-corrected chi connectivity index (χ3v) is 7.01. The van der Waals surface area contributed by atoms with Crippen LogP contribution in [0.2, 0.25) is 10.0 Å². The molecule has 182 valence electrons. The predicted octanol–water partition coefficient (Wildman–Crippen LogP) is 7.76. The van der Waals surface area contributed by atoms with Gasteiger partial charge in [0.2, 0.25) is 0 Å². The van der Waals surface area contributed by atoms with Crippen molar-refractivity contribution in [3.63, 3.8) is 0 Å². The molecule has 3 N–H and O–H groups in total. The third kappa shape index (κ3) is 7.04. The second-order valence-corrected chi connectivity index (χ2v) is 9.61. The van der Waals surface area contributed by atoms with Gasteiger partial charge in [-0.25, -0.2) is 0 Å². The summed E-state index contributed by atoms with van der Waals surface area (Å²) in [5, 5.41) is 6.28. The van der Waals surface area contributed by atoms with E-state index in [4.69, 9.17) is 28.9 Å². The van der Waals surface area contributed by atoms with E-state index < -0.39 is 0 Å². The molecule has 4 rings (SSSR count). The minimum Gasteiger partial charge on any atom is -0.344 e. The van der Waals surface area contributed by atoms with Crippen LogP contribution in [0.25, 0.3) is 10.9 Å². The molecule has 2 aromatic carbocycles. The lowest BCUT2D eigenvalue weighted by atomic mass is 9.88. The van der Waals surface area contributed by atoms with Crippen LogP contribution in [0.1, 0.15) is 68.0 Å². The SMILES string of the molecule is Cl.Cl.NCCCNCCC(c1cc(Cl)cc(Cl)c1)c1cn(C2CCCCC2)c2ccccc12. The molecule has 3 aromatic rings. The molecule has 0 amide bonds. The van der Waals surface area contributed by atoms with Crippen molar-refractivity contribution in [3.8, 4) is 0 Å². The summed E-state index contributed by atoms with van der Waals surface area (Å²) < 4.78 is 2.55. The van der Waals surface area contributed by atoms with Gasteiger partial charge in [-0.05, 0) is 80.7 Å². The summed E-state index contributed by atoms with van der Waals surface area (Å²) in [6.07, 6.45) is 10.9. The zero-order valence-electron chi connectivity index (χ0n) is 18.9. The smallest absolute Gasteiger partial charge is 0.0485 e.